The van der Waals surface area contributed by atoms with E-state index in [1.807, 2.05) is 0 Å². The Morgan fingerprint density at radius 1 is 1.11 bits per heavy atom. The van der Waals surface area contributed by atoms with Crippen molar-refractivity contribution in [1.82, 2.24) is 4.72 Å². The molecule has 0 aliphatic carbocycles. The first-order valence-corrected chi connectivity index (χ1v) is 9.88. The number of benzene rings is 2. The van der Waals surface area contributed by atoms with E-state index in [0.29, 0.717) is 11.1 Å². The summed E-state index contributed by atoms with van der Waals surface area (Å²) in [6.07, 6.45) is 0. The van der Waals surface area contributed by atoms with Gasteiger partial charge >= 0.3 is 5.97 Å². The highest BCUT2D eigenvalue weighted by Gasteiger charge is 2.23. The van der Waals surface area contributed by atoms with Gasteiger partial charge in [0.1, 0.15) is 17.3 Å². The third-order valence-corrected chi connectivity index (χ3v) is 5.34. The third-order valence-electron chi connectivity index (χ3n) is 3.66. The van der Waals surface area contributed by atoms with Gasteiger partial charge in [0.2, 0.25) is 15.9 Å². The Morgan fingerprint density at radius 2 is 1.82 bits per heavy atom. The van der Waals surface area contributed by atoms with Gasteiger partial charge in [-0.2, -0.15) is 0 Å². The van der Waals surface area contributed by atoms with Crippen molar-refractivity contribution < 1.29 is 27.5 Å². The van der Waals surface area contributed by atoms with Gasteiger partial charge in [0.15, 0.2) is 0 Å². The highest BCUT2D eigenvalue weighted by molar-refractivity contribution is 7.89. The number of sulfonamides is 1. The largest absolute Gasteiger partial charge is 0.495 e. The molecule has 28 heavy (non-hydrogen) atoms. The molecule has 0 aromatic heterocycles. The number of primary amides is 1. The van der Waals surface area contributed by atoms with E-state index in [4.69, 9.17) is 15.2 Å². The molecule has 2 rings (SSSR count). The topological polar surface area (TPSA) is 125 Å². The van der Waals surface area contributed by atoms with Crippen LogP contribution in [0.15, 0.2) is 47.4 Å². The number of carbonyl (C=O) groups is 2. The lowest BCUT2D eigenvalue weighted by atomic mass is 10.1. The maximum Gasteiger partial charge on any atom is 0.338 e. The summed E-state index contributed by atoms with van der Waals surface area (Å²) in [5.74, 6) is -1.19. The minimum Gasteiger partial charge on any atom is -0.495 e. The summed E-state index contributed by atoms with van der Waals surface area (Å²) < 4.78 is 37.8. The van der Waals surface area contributed by atoms with Crippen LogP contribution in [0, 0.1) is 0 Å². The number of rotatable bonds is 8. The van der Waals surface area contributed by atoms with Crippen LogP contribution in [-0.2, 0) is 21.4 Å². The van der Waals surface area contributed by atoms with Crippen molar-refractivity contribution in [3.63, 3.8) is 0 Å². The predicted molar refractivity (Wildman–Crippen MR) is 103 cm³/mol. The molecule has 0 aliphatic heterocycles. The normalized spacial score (nSPS) is 11.3. The second-order valence-corrected chi connectivity index (χ2v) is 7.96. The molecule has 8 nitrogen and oxygen atoms in total. The van der Waals surface area contributed by atoms with Gasteiger partial charge in [0.25, 0.3) is 0 Å². The van der Waals surface area contributed by atoms with Gasteiger partial charge in [-0.15, -0.1) is 0 Å². The van der Waals surface area contributed by atoms with Gasteiger partial charge in [-0.1, -0.05) is 12.1 Å². The van der Waals surface area contributed by atoms with E-state index >= 15 is 0 Å². The molecule has 0 radical (unpaired) electrons. The fourth-order valence-corrected chi connectivity index (χ4v) is 3.88. The molecule has 1 amide bonds. The van der Waals surface area contributed by atoms with Gasteiger partial charge < -0.3 is 15.2 Å². The SMILES string of the molecule is COc1ccc(C(=O)OCc2cccc(C(N)=O)c2)cc1S(=O)(=O)NC(C)C. The number of nitrogens with one attached hydrogen (secondary N) is 1. The van der Waals surface area contributed by atoms with Crippen LogP contribution in [0.2, 0.25) is 0 Å². The number of ether oxygens (including phenoxy) is 2. The zero-order valence-corrected chi connectivity index (χ0v) is 16.6. The molecule has 0 atom stereocenters. The fraction of sp³-hybridized carbons (Fsp3) is 0.263. The smallest absolute Gasteiger partial charge is 0.338 e. The summed E-state index contributed by atoms with van der Waals surface area (Å²) >= 11 is 0. The van der Waals surface area contributed by atoms with Gasteiger partial charge in [0.05, 0.1) is 12.7 Å². The van der Waals surface area contributed by atoms with Gasteiger partial charge in [-0.05, 0) is 49.7 Å². The molecule has 2 aromatic carbocycles. The third kappa shape index (κ3) is 5.30. The van der Waals surface area contributed by atoms with Crippen molar-refractivity contribution in [3.05, 3.63) is 59.2 Å². The Bertz CT molecular complexity index is 986. The van der Waals surface area contributed by atoms with E-state index in [2.05, 4.69) is 4.72 Å². The van der Waals surface area contributed by atoms with Crippen LogP contribution in [0.3, 0.4) is 0 Å². The number of amides is 1. The number of methoxy groups -OCH3 is 1. The second kappa shape index (κ2) is 8.85. The van der Waals surface area contributed by atoms with Crippen molar-refractivity contribution >= 4 is 21.9 Å². The molecule has 9 heteroatoms. The Labute approximate surface area is 163 Å². The maximum atomic E-state index is 12.5. The molecule has 0 saturated carbocycles. The van der Waals surface area contributed by atoms with Crippen LogP contribution < -0.4 is 15.2 Å². The zero-order chi connectivity index (χ0) is 20.9. The number of hydrogen-bond acceptors (Lipinski definition) is 6. The molecule has 3 N–H and O–H groups in total. The first-order valence-electron chi connectivity index (χ1n) is 8.40. The molecular weight excluding hydrogens is 384 g/mol. The Morgan fingerprint density at radius 3 is 2.43 bits per heavy atom. The van der Waals surface area contributed by atoms with E-state index in [9.17, 15) is 18.0 Å². The summed E-state index contributed by atoms with van der Waals surface area (Å²) in [7, 11) is -2.53. The summed E-state index contributed by atoms with van der Waals surface area (Å²) in [5.41, 5.74) is 6.15. The standard InChI is InChI=1S/C19H22N2O6S/c1-12(2)21-28(24,25)17-10-15(7-8-16(17)26-3)19(23)27-11-13-5-4-6-14(9-13)18(20)22/h4-10,12,21H,11H2,1-3H3,(H2,20,22). The summed E-state index contributed by atoms with van der Waals surface area (Å²) in [5, 5.41) is 0. The van der Waals surface area contributed by atoms with Crippen molar-refractivity contribution in [2.45, 2.75) is 31.4 Å². The van der Waals surface area contributed by atoms with Crippen LogP contribution in [0.5, 0.6) is 5.75 Å². The van der Waals surface area contributed by atoms with Crippen LogP contribution in [0.25, 0.3) is 0 Å². The van der Waals surface area contributed by atoms with Gasteiger partial charge in [0, 0.05) is 11.6 Å². The number of carbonyl (C=O) groups excluding carboxylic acids is 2. The highest BCUT2D eigenvalue weighted by Crippen LogP contribution is 2.25. The molecule has 0 heterocycles. The lowest BCUT2D eigenvalue weighted by Gasteiger charge is -2.14. The van der Waals surface area contributed by atoms with E-state index < -0.39 is 21.9 Å². The van der Waals surface area contributed by atoms with Crippen LogP contribution in [0.1, 0.15) is 40.1 Å². The zero-order valence-electron chi connectivity index (χ0n) is 15.8. The fourth-order valence-electron chi connectivity index (χ4n) is 2.43. The van der Waals surface area contributed by atoms with E-state index in [0.717, 1.165) is 0 Å². The number of hydrogen-bond donors (Lipinski definition) is 2. The minimum atomic E-state index is -3.87. The predicted octanol–water partition coefficient (Wildman–Crippen LogP) is 1.84. The Balaban J connectivity index is 2.23. The van der Waals surface area contributed by atoms with Crippen molar-refractivity contribution in [1.29, 1.82) is 0 Å². The monoisotopic (exact) mass is 406 g/mol. The molecule has 0 saturated heterocycles. The van der Waals surface area contributed by atoms with E-state index in [1.54, 1.807) is 32.0 Å². The van der Waals surface area contributed by atoms with Crippen LogP contribution in [0.4, 0.5) is 0 Å². The first-order chi connectivity index (χ1) is 13.1. The van der Waals surface area contributed by atoms with Gasteiger partial charge in [-0.25, -0.2) is 17.9 Å². The van der Waals surface area contributed by atoms with Crippen molar-refractivity contribution in [3.8, 4) is 5.75 Å². The van der Waals surface area contributed by atoms with Crippen LogP contribution in [-0.4, -0.2) is 33.4 Å². The maximum absolute atomic E-state index is 12.5. The molecule has 0 aliphatic rings. The molecule has 0 bridgehead atoms. The Kier molecular flexibility index (Phi) is 6.76. The summed E-state index contributed by atoms with van der Waals surface area (Å²) in [6, 6.07) is 10.0. The lowest BCUT2D eigenvalue weighted by molar-refractivity contribution is 0.0472. The molecule has 150 valence electrons. The number of esters is 1. The summed E-state index contributed by atoms with van der Waals surface area (Å²) in [6.45, 7) is 3.27. The van der Waals surface area contributed by atoms with Crippen LogP contribution >= 0.6 is 0 Å². The number of nitrogens with two attached hydrogens (primary N) is 1. The van der Waals surface area contributed by atoms with E-state index in [1.165, 1.54) is 31.4 Å². The van der Waals surface area contributed by atoms with E-state index in [-0.39, 0.29) is 28.9 Å². The second-order valence-electron chi connectivity index (χ2n) is 6.28. The average molecular weight is 406 g/mol. The molecular formula is C19H22N2O6S. The quantitative estimate of drug-likeness (QED) is 0.645. The summed E-state index contributed by atoms with van der Waals surface area (Å²) in [4.78, 5) is 23.4. The molecule has 2 aromatic rings. The first kappa shape index (κ1) is 21.4. The highest BCUT2D eigenvalue weighted by atomic mass is 32.2. The minimum absolute atomic E-state index is 0.0518. The average Bonchev–Trinajstić information content (AvgIpc) is 2.64. The molecule has 0 spiro atoms. The van der Waals surface area contributed by atoms with Crippen molar-refractivity contribution in [2.75, 3.05) is 7.11 Å². The molecule has 0 fully saturated rings. The lowest BCUT2D eigenvalue weighted by Crippen LogP contribution is -2.30. The Hall–Kier alpha value is -2.91. The van der Waals surface area contributed by atoms with Crippen molar-refractivity contribution in [2.24, 2.45) is 5.73 Å². The molecule has 0 unspecified atom stereocenters. The van der Waals surface area contributed by atoms with Gasteiger partial charge in [-0.3, -0.25) is 4.79 Å².